The molecule has 31 heavy (non-hydrogen) atoms. The van der Waals surface area contributed by atoms with E-state index in [1.54, 1.807) is 25.3 Å². The predicted molar refractivity (Wildman–Crippen MR) is 120 cm³/mol. The minimum atomic E-state index is -0.525. The Bertz CT molecular complexity index is 1120. The van der Waals surface area contributed by atoms with Crippen molar-refractivity contribution in [3.8, 4) is 5.88 Å². The molecule has 0 bridgehead atoms. The minimum Gasteiger partial charge on any atom is -0.475 e. The number of carbonyl (C=O) groups is 2. The average Bonchev–Trinajstić information content (AvgIpc) is 3.06. The van der Waals surface area contributed by atoms with Gasteiger partial charge in [0.25, 0.3) is 11.8 Å². The fourth-order valence-electron chi connectivity index (χ4n) is 2.77. The molecule has 2 heterocycles. The zero-order valence-electron chi connectivity index (χ0n) is 17.2. The third kappa shape index (κ3) is 5.80. The summed E-state index contributed by atoms with van der Waals surface area (Å²) in [6, 6.07) is 8.86. The average molecular weight is 462 g/mol. The van der Waals surface area contributed by atoms with E-state index in [0.29, 0.717) is 21.3 Å². The SMILES string of the molecule is Cc1cc(NC(=O)c2ccc(F)cc2Cl)sc1C(=O)NCc1cccnc1OC(C)C. The van der Waals surface area contributed by atoms with Crippen LogP contribution in [0.25, 0.3) is 0 Å². The number of ether oxygens (including phenoxy) is 1. The van der Waals surface area contributed by atoms with Crippen molar-refractivity contribution in [3.05, 3.63) is 75.0 Å². The van der Waals surface area contributed by atoms with Crippen molar-refractivity contribution in [3.63, 3.8) is 0 Å². The van der Waals surface area contributed by atoms with E-state index in [9.17, 15) is 14.0 Å². The van der Waals surface area contributed by atoms with Gasteiger partial charge < -0.3 is 15.4 Å². The number of carbonyl (C=O) groups excluding carboxylic acids is 2. The molecule has 0 atom stereocenters. The zero-order valence-corrected chi connectivity index (χ0v) is 18.7. The lowest BCUT2D eigenvalue weighted by molar-refractivity contribution is 0.0953. The minimum absolute atomic E-state index is 0.0136. The highest BCUT2D eigenvalue weighted by molar-refractivity contribution is 7.18. The summed E-state index contributed by atoms with van der Waals surface area (Å²) in [5.74, 6) is -0.806. The van der Waals surface area contributed by atoms with Crippen LogP contribution in [0.15, 0.2) is 42.6 Å². The highest BCUT2D eigenvalue weighted by Crippen LogP contribution is 2.28. The number of hydrogen-bond acceptors (Lipinski definition) is 5. The Morgan fingerprint density at radius 2 is 2.00 bits per heavy atom. The lowest BCUT2D eigenvalue weighted by Crippen LogP contribution is -2.23. The van der Waals surface area contributed by atoms with Gasteiger partial charge in [0.1, 0.15) is 5.82 Å². The summed E-state index contributed by atoms with van der Waals surface area (Å²) in [6.45, 7) is 5.84. The van der Waals surface area contributed by atoms with E-state index in [4.69, 9.17) is 16.3 Å². The summed E-state index contributed by atoms with van der Waals surface area (Å²) in [5.41, 5.74) is 1.63. The number of nitrogens with one attached hydrogen (secondary N) is 2. The molecule has 3 aromatic rings. The smallest absolute Gasteiger partial charge is 0.261 e. The van der Waals surface area contributed by atoms with Crippen LogP contribution >= 0.6 is 22.9 Å². The van der Waals surface area contributed by atoms with Gasteiger partial charge >= 0.3 is 0 Å². The molecule has 162 valence electrons. The van der Waals surface area contributed by atoms with Gasteiger partial charge in [-0.05, 0) is 56.7 Å². The van der Waals surface area contributed by atoms with Crippen LogP contribution < -0.4 is 15.4 Å². The quantitative estimate of drug-likeness (QED) is 0.506. The van der Waals surface area contributed by atoms with Crippen LogP contribution in [0.2, 0.25) is 5.02 Å². The van der Waals surface area contributed by atoms with Crippen LogP contribution in [-0.2, 0) is 6.54 Å². The van der Waals surface area contributed by atoms with Gasteiger partial charge in [-0.1, -0.05) is 17.7 Å². The number of halogens is 2. The Kier molecular flexibility index (Phi) is 7.25. The predicted octanol–water partition coefficient (Wildman–Crippen LogP) is 5.21. The Labute approximate surface area is 188 Å². The number of thiophene rings is 1. The topological polar surface area (TPSA) is 80.3 Å². The summed E-state index contributed by atoms with van der Waals surface area (Å²) in [4.78, 5) is 29.8. The maximum Gasteiger partial charge on any atom is 0.261 e. The number of pyridine rings is 1. The first-order valence-electron chi connectivity index (χ1n) is 9.50. The lowest BCUT2D eigenvalue weighted by Gasteiger charge is -2.13. The highest BCUT2D eigenvalue weighted by atomic mass is 35.5. The van der Waals surface area contributed by atoms with Gasteiger partial charge in [-0.2, -0.15) is 0 Å². The number of amides is 2. The molecule has 0 fully saturated rings. The third-order valence-corrected chi connectivity index (χ3v) is 5.64. The Morgan fingerprint density at radius 1 is 1.23 bits per heavy atom. The van der Waals surface area contributed by atoms with Crippen LogP contribution in [0.3, 0.4) is 0 Å². The van der Waals surface area contributed by atoms with Gasteiger partial charge in [0.2, 0.25) is 5.88 Å². The Hall–Kier alpha value is -2.97. The molecule has 3 rings (SSSR count). The van der Waals surface area contributed by atoms with E-state index in [0.717, 1.165) is 29.0 Å². The van der Waals surface area contributed by atoms with E-state index in [-0.39, 0.29) is 29.1 Å². The fourth-order valence-corrected chi connectivity index (χ4v) is 4.00. The second-order valence-corrected chi connectivity index (χ2v) is 8.48. The number of anilines is 1. The van der Waals surface area contributed by atoms with Gasteiger partial charge in [0.05, 0.1) is 26.6 Å². The largest absolute Gasteiger partial charge is 0.475 e. The molecule has 0 aliphatic heterocycles. The first kappa shape index (κ1) is 22.7. The highest BCUT2D eigenvalue weighted by Gasteiger charge is 2.18. The molecule has 2 aromatic heterocycles. The van der Waals surface area contributed by atoms with Crippen LogP contribution in [0.1, 0.15) is 45.0 Å². The van der Waals surface area contributed by atoms with Crippen molar-refractivity contribution in [1.82, 2.24) is 10.3 Å². The molecule has 0 saturated carbocycles. The molecular weight excluding hydrogens is 441 g/mol. The van der Waals surface area contributed by atoms with E-state index in [1.165, 1.54) is 6.07 Å². The standard InChI is InChI=1S/C22H21ClFN3O3S/c1-12(2)30-22-14(5-4-8-25-22)11-26-21(29)19-13(3)9-18(31-19)27-20(28)16-7-6-15(24)10-17(16)23/h4-10,12H,11H2,1-3H3,(H,26,29)(H,27,28). The van der Waals surface area contributed by atoms with Gasteiger partial charge in [-0.25, -0.2) is 9.37 Å². The number of aryl methyl sites for hydroxylation is 1. The van der Waals surface area contributed by atoms with Crippen molar-refractivity contribution >= 4 is 39.8 Å². The summed E-state index contributed by atoms with van der Waals surface area (Å²) < 4.78 is 18.9. The zero-order chi connectivity index (χ0) is 22.5. The molecule has 0 aliphatic carbocycles. The van der Waals surface area contributed by atoms with Crippen molar-refractivity contribution in [2.45, 2.75) is 33.4 Å². The first-order valence-corrected chi connectivity index (χ1v) is 10.7. The monoisotopic (exact) mass is 461 g/mol. The number of hydrogen-bond donors (Lipinski definition) is 2. The Morgan fingerprint density at radius 3 is 2.71 bits per heavy atom. The molecule has 0 radical (unpaired) electrons. The normalized spacial score (nSPS) is 10.8. The van der Waals surface area contributed by atoms with Crippen LogP contribution in [-0.4, -0.2) is 22.9 Å². The maximum absolute atomic E-state index is 13.2. The summed E-state index contributed by atoms with van der Waals surface area (Å²) in [6.07, 6.45) is 1.60. The van der Waals surface area contributed by atoms with Crippen molar-refractivity contribution in [1.29, 1.82) is 0 Å². The lowest BCUT2D eigenvalue weighted by atomic mass is 10.2. The molecule has 2 N–H and O–H groups in total. The van der Waals surface area contributed by atoms with Gasteiger partial charge in [-0.3, -0.25) is 9.59 Å². The second kappa shape index (κ2) is 9.89. The number of aromatic nitrogens is 1. The molecule has 9 heteroatoms. The van der Waals surface area contributed by atoms with E-state index in [1.807, 2.05) is 19.9 Å². The molecule has 0 aliphatic rings. The molecule has 6 nitrogen and oxygen atoms in total. The molecule has 2 amide bonds. The molecular formula is C22H21ClFN3O3S. The summed E-state index contributed by atoms with van der Waals surface area (Å²) in [5, 5.41) is 6.06. The van der Waals surface area contributed by atoms with Gasteiger partial charge in [0.15, 0.2) is 0 Å². The van der Waals surface area contributed by atoms with Crippen LogP contribution in [0.5, 0.6) is 5.88 Å². The summed E-state index contributed by atoms with van der Waals surface area (Å²) >= 11 is 7.09. The molecule has 0 spiro atoms. The third-order valence-electron chi connectivity index (χ3n) is 4.17. The Balaban J connectivity index is 1.68. The number of benzene rings is 1. The number of nitrogens with zero attached hydrogens (tertiary/aromatic N) is 1. The van der Waals surface area contributed by atoms with Gasteiger partial charge in [-0.15, -0.1) is 11.3 Å². The molecule has 0 saturated heterocycles. The van der Waals surface area contributed by atoms with Crippen molar-refractivity contribution in [2.75, 3.05) is 5.32 Å². The maximum atomic E-state index is 13.2. The number of rotatable bonds is 7. The second-order valence-electron chi connectivity index (χ2n) is 7.02. The van der Waals surface area contributed by atoms with Crippen LogP contribution in [0.4, 0.5) is 9.39 Å². The summed E-state index contributed by atoms with van der Waals surface area (Å²) in [7, 11) is 0. The fraction of sp³-hybridized carbons (Fsp3) is 0.227. The van der Waals surface area contributed by atoms with E-state index < -0.39 is 11.7 Å². The van der Waals surface area contributed by atoms with E-state index in [2.05, 4.69) is 15.6 Å². The van der Waals surface area contributed by atoms with Crippen molar-refractivity contribution in [2.24, 2.45) is 0 Å². The van der Waals surface area contributed by atoms with Crippen LogP contribution in [0, 0.1) is 12.7 Å². The van der Waals surface area contributed by atoms with E-state index >= 15 is 0 Å². The first-order chi connectivity index (χ1) is 14.7. The molecule has 0 unspecified atom stereocenters. The van der Waals surface area contributed by atoms with Crippen molar-refractivity contribution < 1.29 is 18.7 Å². The molecule has 1 aromatic carbocycles. The van der Waals surface area contributed by atoms with Gasteiger partial charge in [0, 0.05) is 18.3 Å².